The third-order valence-electron chi connectivity index (χ3n) is 4.78. The standard InChI is InChI=1S/C24H18FNO3/c25-17-12-16(13-18(27)14-17)6-5-11-26-24(28)29-15-23-21-9-3-1-7-19(21)20-8-2-4-10-22(20)23/h1-4,7-10,12-14,23,27H,11,15H2,(H,26,28). The fourth-order valence-electron chi connectivity index (χ4n) is 3.56. The van der Waals surface area contributed by atoms with E-state index in [1.165, 1.54) is 23.3 Å². The van der Waals surface area contributed by atoms with Gasteiger partial charge < -0.3 is 15.2 Å². The summed E-state index contributed by atoms with van der Waals surface area (Å²) in [5.74, 6) is 4.62. The van der Waals surface area contributed by atoms with Crippen molar-refractivity contribution in [2.45, 2.75) is 5.92 Å². The molecule has 1 aliphatic carbocycles. The van der Waals surface area contributed by atoms with E-state index in [1.807, 2.05) is 24.3 Å². The van der Waals surface area contributed by atoms with Gasteiger partial charge in [0.25, 0.3) is 0 Å². The first-order valence-electron chi connectivity index (χ1n) is 9.19. The number of halogens is 1. The largest absolute Gasteiger partial charge is 0.508 e. The topological polar surface area (TPSA) is 58.6 Å². The number of ether oxygens (including phenoxy) is 1. The molecule has 0 atom stereocenters. The van der Waals surface area contributed by atoms with Crippen LogP contribution in [0.2, 0.25) is 0 Å². The van der Waals surface area contributed by atoms with Gasteiger partial charge in [-0.05, 0) is 34.4 Å². The quantitative estimate of drug-likeness (QED) is 0.654. The zero-order chi connectivity index (χ0) is 20.2. The SMILES string of the molecule is O=C(NCC#Cc1cc(O)cc(F)c1)OCC1c2ccccc2-c2ccccc21. The molecule has 29 heavy (non-hydrogen) atoms. The minimum Gasteiger partial charge on any atom is -0.508 e. The van der Waals surface area contributed by atoms with E-state index >= 15 is 0 Å². The second-order valence-electron chi connectivity index (χ2n) is 6.68. The highest BCUT2D eigenvalue weighted by atomic mass is 19.1. The number of hydrogen-bond acceptors (Lipinski definition) is 3. The van der Waals surface area contributed by atoms with Crippen LogP contribution < -0.4 is 5.32 Å². The molecule has 144 valence electrons. The first-order valence-corrected chi connectivity index (χ1v) is 9.19. The average molecular weight is 387 g/mol. The molecule has 2 N–H and O–H groups in total. The molecule has 3 aromatic carbocycles. The highest BCUT2D eigenvalue weighted by molar-refractivity contribution is 5.79. The number of alkyl carbamates (subject to hydrolysis) is 1. The normalized spacial score (nSPS) is 11.8. The molecule has 3 aromatic rings. The summed E-state index contributed by atoms with van der Waals surface area (Å²) in [7, 11) is 0. The summed E-state index contributed by atoms with van der Waals surface area (Å²) in [6.45, 7) is 0.277. The van der Waals surface area contributed by atoms with Crippen LogP contribution in [0.3, 0.4) is 0 Å². The summed E-state index contributed by atoms with van der Waals surface area (Å²) < 4.78 is 18.6. The van der Waals surface area contributed by atoms with Crippen molar-refractivity contribution >= 4 is 6.09 Å². The fraction of sp³-hybridized carbons (Fsp3) is 0.125. The summed E-state index contributed by atoms with van der Waals surface area (Å²) in [5, 5.41) is 11.9. The van der Waals surface area contributed by atoms with Crippen molar-refractivity contribution in [1.82, 2.24) is 5.32 Å². The van der Waals surface area contributed by atoms with Crippen LogP contribution in [0.25, 0.3) is 11.1 Å². The van der Waals surface area contributed by atoms with Gasteiger partial charge in [0, 0.05) is 17.5 Å². The van der Waals surface area contributed by atoms with Crippen molar-refractivity contribution in [3.63, 3.8) is 0 Å². The van der Waals surface area contributed by atoms with Gasteiger partial charge in [-0.15, -0.1) is 0 Å². The number of phenols is 1. The average Bonchev–Trinajstić information content (AvgIpc) is 3.03. The Balaban J connectivity index is 1.35. The van der Waals surface area contributed by atoms with E-state index in [1.54, 1.807) is 0 Å². The predicted molar refractivity (Wildman–Crippen MR) is 108 cm³/mol. The molecule has 0 bridgehead atoms. The second kappa shape index (κ2) is 8.07. The Hall–Kier alpha value is -3.78. The molecule has 0 unspecified atom stereocenters. The lowest BCUT2D eigenvalue weighted by molar-refractivity contribution is 0.144. The number of amides is 1. The molecule has 0 radical (unpaired) electrons. The maximum Gasteiger partial charge on any atom is 0.407 e. The zero-order valence-corrected chi connectivity index (χ0v) is 15.5. The van der Waals surface area contributed by atoms with Gasteiger partial charge in [-0.3, -0.25) is 0 Å². The van der Waals surface area contributed by atoms with Crippen molar-refractivity contribution < 1.29 is 19.0 Å². The lowest BCUT2D eigenvalue weighted by Gasteiger charge is -2.14. The first-order chi connectivity index (χ1) is 14.1. The second-order valence-corrected chi connectivity index (χ2v) is 6.68. The highest BCUT2D eigenvalue weighted by Gasteiger charge is 2.28. The maximum atomic E-state index is 13.2. The van der Waals surface area contributed by atoms with E-state index < -0.39 is 11.9 Å². The highest BCUT2D eigenvalue weighted by Crippen LogP contribution is 2.44. The maximum absolute atomic E-state index is 13.2. The van der Waals surface area contributed by atoms with Crippen molar-refractivity contribution in [2.75, 3.05) is 13.2 Å². The molecule has 0 saturated heterocycles. The van der Waals surface area contributed by atoms with E-state index in [0.717, 1.165) is 17.2 Å². The Morgan fingerprint density at radius 1 is 1.03 bits per heavy atom. The molecule has 1 amide bonds. The molecule has 0 heterocycles. The number of fused-ring (bicyclic) bond motifs is 3. The van der Waals surface area contributed by atoms with Crippen LogP contribution in [0.1, 0.15) is 22.6 Å². The van der Waals surface area contributed by atoms with Gasteiger partial charge in [0.15, 0.2) is 0 Å². The van der Waals surface area contributed by atoms with Gasteiger partial charge in [0.1, 0.15) is 18.2 Å². The molecule has 0 saturated carbocycles. The Bertz CT molecular complexity index is 1060. The molecular weight excluding hydrogens is 369 g/mol. The van der Waals surface area contributed by atoms with Crippen molar-refractivity contribution in [1.29, 1.82) is 0 Å². The minimum absolute atomic E-state index is 0.00509. The lowest BCUT2D eigenvalue weighted by atomic mass is 9.98. The Kier molecular flexibility index (Phi) is 5.17. The van der Waals surface area contributed by atoms with Crippen LogP contribution in [0.5, 0.6) is 5.75 Å². The third-order valence-corrected chi connectivity index (χ3v) is 4.78. The summed E-state index contributed by atoms with van der Waals surface area (Å²) in [6.07, 6.45) is -0.566. The van der Waals surface area contributed by atoms with Crippen molar-refractivity contribution in [3.05, 3.63) is 89.2 Å². The van der Waals surface area contributed by atoms with Gasteiger partial charge in [0.05, 0.1) is 6.54 Å². The molecule has 1 aliphatic rings. The van der Waals surface area contributed by atoms with Gasteiger partial charge in [-0.25, -0.2) is 9.18 Å². The summed E-state index contributed by atoms with van der Waals surface area (Å²) in [5.41, 5.74) is 4.96. The number of aromatic hydroxyl groups is 1. The number of benzene rings is 3. The Labute approximate surface area is 168 Å². The smallest absolute Gasteiger partial charge is 0.407 e. The first kappa shape index (κ1) is 18.6. The Morgan fingerprint density at radius 2 is 1.69 bits per heavy atom. The van der Waals surface area contributed by atoms with E-state index in [4.69, 9.17) is 4.74 Å². The number of carbonyl (C=O) groups is 1. The van der Waals surface area contributed by atoms with E-state index in [9.17, 15) is 14.3 Å². The molecule has 4 nitrogen and oxygen atoms in total. The molecule has 5 heteroatoms. The number of carbonyl (C=O) groups excluding carboxylic acids is 1. The summed E-state index contributed by atoms with van der Waals surface area (Å²) in [6, 6.07) is 19.8. The van der Waals surface area contributed by atoms with Gasteiger partial charge in [0.2, 0.25) is 0 Å². The van der Waals surface area contributed by atoms with E-state index in [0.29, 0.717) is 5.56 Å². The van der Waals surface area contributed by atoms with Crippen LogP contribution in [0.4, 0.5) is 9.18 Å². The van der Waals surface area contributed by atoms with Gasteiger partial charge in [-0.1, -0.05) is 60.4 Å². The molecule has 0 aromatic heterocycles. The molecule has 4 rings (SSSR count). The number of phenolic OH excluding ortho intramolecular Hbond substituents is 1. The van der Waals surface area contributed by atoms with E-state index in [-0.39, 0.29) is 24.8 Å². The van der Waals surface area contributed by atoms with Crippen molar-refractivity contribution in [2.24, 2.45) is 0 Å². The molecule has 0 spiro atoms. The van der Waals surface area contributed by atoms with Crippen molar-refractivity contribution in [3.8, 4) is 28.7 Å². The predicted octanol–water partition coefficient (Wildman–Crippen LogP) is 4.42. The van der Waals surface area contributed by atoms with Crippen LogP contribution in [0, 0.1) is 17.7 Å². The molecule has 0 fully saturated rings. The van der Waals surface area contributed by atoms with Gasteiger partial charge >= 0.3 is 6.09 Å². The third kappa shape index (κ3) is 4.07. The van der Waals surface area contributed by atoms with E-state index in [2.05, 4.69) is 41.4 Å². The fourth-order valence-corrected chi connectivity index (χ4v) is 3.56. The number of nitrogens with one attached hydrogen (secondary N) is 1. The monoisotopic (exact) mass is 387 g/mol. The summed E-state index contributed by atoms with van der Waals surface area (Å²) >= 11 is 0. The zero-order valence-electron chi connectivity index (χ0n) is 15.5. The minimum atomic E-state index is -0.571. The number of hydrogen-bond donors (Lipinski definition) is 2. The lowest BCUT2D eigenvalue weighted by Crippen LogP contribution is -2.26. The Morgan fingerprint density at radius 3 is 2.34 bits per heavy atom. The van der Waals surface area contributed by atoms with Crippen LogP contribution in [-0.2, 0) is 4.74 Å². The van der Waals surface area contributed by atoms with Crippen LogP contribution in [0.15, 0.2) is 66.7 Å². The van der Waals surface area contributed by atoms with Gasteiger partial charge in [-0.2, -0.15) is 0 Å². The number of rotatable bonds is 3. The molecule has 0 aliphatic heterocycles. The summed E-state index contributed by atoms with van der Waals surface area (Å²) in [4.78, 5) is 12.0. The van der Waals surface area contributed by atoms with Crippen LogP contribution in [-0.4, -0.2) is 24.4 Å². The van der Waals surface area contributed by atoms with Crippen LogP contribution >= 0.6 is 0 Å². The molecular formula is C24H18FNO3.